The summed E-state index contributed by atoms with van der Waals surface area (Å²) in [6.45, 7) is 6.39. The molecular weight excluding hydrogens is 450 g/mol. The van der Waals surface area contributed by atoms with Crippen LogP contribution in [0.5, 0.6) is 0 Å². The smallest absolute Gasteiger partial charge is 0.229 e. The third-order valence-corrected chi connectivity index (χ3v) is 7.65. The fourth-order valence-electron chi connectivity index (χ4n) is 5.37. The van der Waals surface area contributed by atoms with E-state index in [4.69, 9.17) is 0 Å². The van der Waals surface area contributed by atoms with Crippen LogP contribution in [-0.2, 0) is 12.0 Å². The van der Waals surface area contributed by atoms with E-state index in [2.05, 4.69) is 68.7 Å². The Labute approximate surface area is 212 Å². The van der Waals surface area contributed by atoms with Crippen LogP contribution in [0.2, 0.25) is 0 Å². The standard InChI is InChI=1S/C28H33N7O/c1-4-28(36)12-9-20-5-8-24(32-25(20)28)33-26-21(16-29)17-30-27(34-26)31-22-6-7-23(18(2)15-22)19-10-13-35(3)14-11-19/h5-8,15,17,19,36H,4,9-14H2,1-3H3,(H2,30,31,32,33,34)/t28-/m1/s1. The molecular formula is C28H33N7O. The summed E-state index contributed by atoms with van der Waals surface area (Å²) in [6.07, 6.45) is 5.98. The van der Waals surface area contributed by atoms with Gasteiger partial charge in [0.15, 0.2) is 5.82 Å². The Bertz CT molecular complexity index is 1310. The number of benzene rings is 1. The van der Waals surface area contributed by atoms with Crippen molar-refractivity contribution in [1.82, 2.24) is 19.9 Å². The van der Waals surface area contributed by atoms with Gasteiger partial charge in [0, 0.05) is 5.69 Å². The Hall–Kier alpha value is -3.54. The van der Waals surface area contributed by atoms with E-state index in [1.165, 1.54) is 30.2 Å². The predicted octanol–water partition coefficient (Wildman–Crippen LogP) is 4.89. The lowest BCUT2D eigenvalue weighted by atomic mass is 9.87. The summed E-state index contributed by atoms with van der Waals surface area (Å²) >= 11 is 0. The number of nitrogens with zero attached hydrogens (tertiary/aromatic N) is 5. The van der Waals surface area contributed by atoms with Gasteiger partial charge in [0.2, 0.25) is 5.95 Å². The minimum atomic E-state index is -0.902. The largest absolute Gasteiger partial charge is 0.384 e. The number of aliphatic hydroxyl groups is 1. The van der Waals surface area contributed by atoms with Crippen molar-refractivity contribution in [1.29, 1.82) is 5.26 Å². The van der Waals surface area contributed by atoms with Gasteiger partial charge in [-0.2, -0.15) is 10.2 Å². The number of nitriles is 1. The normalized spacial score (nSPS) is 20.1. The Morgan fingerprint density at radius 3 is 2.69 bits per heavy atom. The lowest BCUT2D eigenvalue weighted by molar-refractivity contribution is 0.0307. The highest BCUT2D eigenvalue weighted by atomic mass is 16.3. The van der Waals surface area contributed by atoms with E-state index in [1.54, 1.807) is 0 Å². The summed E-state index contributed by atoms with van der Waals surface area (Å²) in [5, 5.41) is 27.0. The lowest BCUT2D eigenvalue weighted by Crippen LogP contribution is -2.29. The average molecular weight is 484 g/mol. The number of nitrogens with one attached hydrogen (secondary N) is 2. The van der Waals surface area contributed by atoms with Gasteiger partial charge in [0.05, 0.1) is 11.9 Å². The first-order valence-electron chi connectivity index (χ1n) is 12.7. The fourth-order valence-corrected chi connectivity index (χ4v) is 5.37. The molecule has 5 rings (SSSR count). The van der Waals surface area contributed by atoms with Gasteiger partial charge < -0.3 is 20.6 Å². The average Bonchev–Trinajstić information content (AvgIpc) is 3.22. The van der Waals surface area contributed by atoms with Crippen molar-refractivity contribution in [2.45, 2.75) is 57.5 Å². The molecule has 0 amide bonds. The van der Waals surface area contributed by atoms with Crippen molar-refractivity contribution < 1.29 is 5.11 Å². The van der Waals surface area contributed by atoms with Crippen molar-refractivity contribution in [3.8, 4) is 6.07 Å². The second kappa shape index (κ2) is 9.84. The van der Waals surface area contributed by atoms with E-state index in [0.29, 0.717) is 47.6 Å². The van der Waals surface area contributed by atoms with Gasteiger partial charge in [-0.1, -0.05) is 19.1 Å². The summed E-state index contributed by atoms with van der Waals surface area (Å²) in [7, 11) is 2.18. The van der Waals surface area contributed by atoms with Gasteiger partial charge >= 0.3 is 0 Å². The molecule has 1 saturated heterocycles. The quantitative estimate of drug-likeness (QED) is 0.454. The molecule has 1 aromatic carbocycles. The summed E-state index contributed by atoms with van der Waals surface area (Å²) < 4.78 is 0. The van der Waals surface area contributed by atoms with Crippen LogP contribution >= 0.6 is 0 Å². The molecule has 0 spiro atoms. The van der Waals surface area contributed by atoms with E-state index in [0.717, 1.165) is 30.8 Å². The number of rotatable bonds is 6. The Balaban J connectivity index is 1.35. The monoisotopic (exact) mass is 483 g/mol. The number of likely N-dealkylation sites (tertiary alicyclic amines) is 1. The van der Waals surface area contributed by atoms with E-state index >= 15 is 0 Å². The summed E-state index contributed by atoms with van der Waals surface area (Å²) in [6, 6.07) is 12.4. The molecule has 3 aromatic rings. The number of piperidine rings is 1. The second-order valence-corrected chi connectivity index (χ2v) is 10.1. The first-order valence-corrected chi connectivity index (χ1v) is 12.7. The summed E-state index contributed by atoms with van der Waals surface area (Å²) in [4.78, 5) is 16.0. The van der Waals surface area contributed by atoms with Gasteiger partial charge in [0.25, 0.3) is 0 Å². The van der Waals surface area contributed by atoms with Gasteiger partial charge in [-0.3, -0.25) is 0 Å². The van der Waals surface area contributed by atoms with Crippen LogP contribution in [0.4, 0.5) is 23.3 Å². The third-order valence-electron chi connectivity index (χ3n) is 7.65. The first kappa shape index (κ1) is 24.2. The molecule has 1 aliphatic heterocycles. The van der Waals surface area contributed by atoms with E-state index in [9.17, 15) is 10.4 Å². The van der Waals surface area contributed by atoms with Crippen molar-refractivity contribution in [3.05, 3.63) is 64.5 Å². The van der Waals surface area contributed by atoms with Crippen LogP contribution in [0.15, 0.2) is 36.5 Å². The molecule has 1 fully saturated rings. The molecule has 3 N–H and O–H groups in total. The third kappa shape index (κ3) is 4.77. The minimum Gasteiger partial charge on any atom is -0.384 e. The van der Waals surface area contributed by atoms with Crippen LogP contribution in [0.25, 0.3) is 0 Å². The molecule has 36 heavy (non-hydrogen) atoms. The lowest BCUT2D eigenvalue weighted by Gasteiger charge is -2.30. The van der Waals surface area contributed by atoms with Gasteiger partial charge in [-0.05, 0) is 100.0 Å². The highest BCUT2D eigenvalue weighted by Crippen LogP contribution is 2.39. The molecule has 2 aromatic heterocycles. The predicted molar refractivity (Wildman–Crippen MR) is 141 cm³/mol. The number of aryl methyl sites for hydroxylation is 2. The van der Waals surface area contributed by atoms with Gasteiger partial charge in [-0.25, -0.2) is 9.97 Å². The molecule has 0 unspecified atom stereocenters. The Morgan fingerprint density at radius 1 is 1.17 bits per heavy atom. The van der Waals surface area contributed by atoms with Crippen LogP contribution in [-0.4, -0.2) is 45.1 Å². The van der Waals surface area contributed by atoms with Crippen molar-refractivity contribution in [3.63, 3.8) is 0 Å². The molecule has 1 atom stereocenters. The highest BCUT2D eigenvalue weighted by Gasteiger charge is 2.36. The molecule has 8 heteroatoms. The number of aromatic nitrogens is 3. The van der Waals surface area contributed by atoms with Crippen molar-refractivity contribution in [2.75, 3.05) is 30.8 Å². The van der Waals surface area contributed by atoms with Crippen molar-refractivity contribution >= 4 is 23.3 Å². The maximum Gasteiger partial charge on any atom is 0.229 e. The molecule has 1 aliphatic carbocycles. The number of fused-ring (bicyclic) bond motifs is 1. The van der Waals surface area contributed by atoms with Crippen molar-refractivity contribution in [2.24, 2.45) is 0 Å². The van der Waals surface area contributed by atoms with E-state index in [-0.39, 0.29) is 0 Å². The van der Waals surface area contributed by atoms with Gasteiger partial charge in [0.1, 0.15) is 23.1 Å². The zero-order valence-electron chi connectivity index (χ0n) is 21.2. The fraction of sp³-hybridized carbons (Fsp3) is 0.429. The molecule has 3 heterocycles. The topological polar surface area (TPSA) is 110 Å². The highest BCUT2D eigenvalue weighted by molar-refractivity contribution is 5.64. The number of pyridine rings is 1. The first-order chi connectivity index (χ1) is 17.4. The number of hydrogen-bond donors (Lipinski definition) is 3. The number of hydrogen-bond acceptors (Lipinski definition) is 8. The number of anilines is 4. The summed E-state index contributed by atoms with van der Waals surface area (Å²) in [5.41, 5.74) is 4.77. The van der Waals surface area contributed by atoms with E-state index < -0.39 is 5.60 Å². The molecule has 0 radical (unpaired) electrons. The molecule has 186 valence electrons. The van der Waals surface area contributed by atoms with Crippen LogP contribution in [0, 0.1) is 18.3 Å². The van der Waals surface area contributed by atoms with Crippen LogP contribution in [0.1, 0.15) is 66.5 Å². The second-order valence-electron chi connectivity index (χ2n) is 10.1. The van der Waals surface area contributed by atoms with E-state index in [1.807, 2.05) is 19.1 Å². The Kier molecular flexibility index (Phi) is 6.61. The molecule has 2 aliphatic rings. The molecule has 0 bridgehead atoms. The zero-order chi connectivity index (χ0) is 25.3. The maximum absolute atomic E-state index is 10.9. The summed E-state index contributed by atoms with van der Waals surface area (Å²) in [5.74, 6) is 1.92. The maximum atomic E-state index is 10.9. The molecule has 0 saturated carbocycles. The van der Waals surface area contributed by atoms with Gasteiger partial charge in [-0.15, -0.1) is 0 Å². The SMILES string of the molecule is CC[C@@]1(O)CCc2ccc(Nc3nc(Nc4ccc(C5CCN(C)CC5)c(C)c4)ncc3C#N)nc21. The van der Waals surface area contributed by atoms with Crippen LogP contribution in [0.3, 0.4) is 0 Å². The zero-order valence-corrected chi connectivity index (χ0v) is 21.2. The van der Waals surface area contributed by atoms with Crippen LogP contribution < -0.4 is 10.6 Å². The minimum absolute atomic E-state index is 0.322. The molecule has 8 nitrogen and oxygen atoms in total. The Morgan fingerprint density at radius 2 is 1.97 bits per heavy atom.